The van der Waals surface area contributed by atoms with Crippen molar-refractivity contribution < 1.29 is 0 Å². The number of para-hydroxylation sites is 2. The fraction of sp³-hybridized carbons (Fsp3) is 0. The second-order valence-electron chi connectivity index (χ2n) is 18.7. The lowest BCUT2D eigenvalue weighted by atomic mass is 9.86. The number of nitrogens with zero attached hydrogens (tertiary/aromatic N) is 5. The highest BCUT2D eigenvalue weighted by molar-refractivity contribution is 6.33. The van der Waals surface area contributed by atoms with Crippen LogP contribution in [0.25, 0.3) is 134 Å². The molecule has 346 valence electrons. The smallest absolute Gasteiger partial charge is 0.238 e. The number of benzene rings is 11. The minimum atomic E-state index is 0.529. The SMILES string of the molecule is c1ccc(-c2ccc(-c3nc(-c4ccccc4)nc(-n4c5ccccc5c5c(-c6cccc(-c7ccccc7)c6)c(-c6ccccc6)c6c7ccccc7n(-c7ccc(-c8ccccc8)cc7)c6c54)n3)cc2)cc1. The third-order valence-corrected chi connectivity index (χ3v) is 14.4. The lowest BCUT2D eigenvalue weighted by molar-refractivity contribution is 0.953. The first kappa shape index (κ1) is 42.9. The average Bonchev–Trinajstić information content (AvgIpc) is 4.04. The molecular formula is C69H45N5. The van der Waals surface area contributed by atoms with Gasteiger partial charge >= 0.3 is 0 Å². The van der Waals surface area contributed by atoms with Gasteiger partial charge in [-0.15, -0.1) is 0 Å². The number of aromatic nitrogens is 5. The second kappa shape index (κ2) is 18.0. The molecule has 0 saturated heterocycles. The molecule has 0 spiro atoms. The van der Waals surface area contributed by atoms with Gasteiger partial charge in [0.25, 0.3) is 0 Å². The Morgan fingerprint density at radius 3 is 1.14 bits per heavy atom. The van der Waals surface area contributed by atoms with Gasteiger partial charge in [0.15, 0.2) is 11.6 Å². The Hall–Kier alpha value is -9.97. The van der Waals surface area contributed by atoms with Crippen LogP contribution in [0.5, 0.6) is 0 Å². The van der Waals surface area contributed by atoms with E-state index in [1.165, 1.54) is 5.56 Å². The van der Waals surface area contributed by atoms with E-state index in [-0.39, 0.29) is 0 Å². The summed E-state index contributed by atoms with van der Waals surface area (Å²) in [7, 11) is 0. The van der Waals surface area contributed by atoms with Crippen molar-refractivity contribution >= 4 is 43.6 Å². The Labute approximate surface area is 428 Å². The summed E-state index contributed by atoms with van der Waals surface area (Å²) in [6.45, 7) is 0. The molecule has 0 amide bonds. The van der Waals surface area contributed by atoms with Crippen LogP contribution in [0, 0.1) is 0 Å². The van der Waals surface area contributed by atoms with Crippen LogP contribution in [-0.2, 0) is 0 Å². The van der Waals surface area contributed by atoms with Crippen molar-refractivity contribution in [3.63, 3.8) is 0 Å². The van der Waals surface area contributed by atoms with Crippen molar-refractivity contribution in [1.29, 1.82) is 0 Å². The molecule has 0 N–H and O–H groups in total. The minimum Gasteiger partial charge on any atom is -0.307 e. The first-order valence-corrected chi connectivity index (χ1v) is 25.1. The van der Waals surface area contributed by atoms with Crippen molar-refractivity contribution in [2.45, 2.75) is 0 Å². The van der Waals surface area contributed by atoms with Crippen LogP contribution >= 0.6 is 0 Å². The number of fused-ring (bicyclic) bond motifs is 7. The highest BCUT2D eigenvalue weighted by atomic mass is 15.2. The predicted octanol–water partition coefficient (Wildman–Crippen LogP) is 17.7. The van der Waals surface area contributed by atoms with Gasteiger partial charge in [0.05, 0.1) is 22.1 Å². The van der Waals surface area contributed by atoms with E-state index in [0.717, 1.165) is 110 Å². The fourth-order valence-electron chi connectivity index (χ4n) is 11.0. The van der Waals surface area contributed by atoms with E-state index in [1.807, 2.05) is 24.3 Å². The van der Waals surface area contributed by atoms with E-state index >= 15 is 0 Å². The number of hydrogen-bond donors (Lipinski definition) is 0. The summed E-state index contributed by atoms with van der Waals surface area (Å²) in [5.41, 5.74) is 18.5. The molecule has 0 atom stereocenters. The number of hydrogen-bond acceptors (Lipinski definition) is 3. The van der Waals surface area contributed by atoms with Crippen molar-refractivity contribution in [1.82, 2.24) is 24.1 Å². The molecule has 0 unspecified atom stereocenters. The summed E-state index contributed by atoms with van der Waals surface area (Å²) < 4.78 is 4.78. The monoisotopic (exact) mass is 943 g/mol. The molecule has 14 rings (SSSR count). The van der Waals surface area contributed by atoms with Gasteiger partial charge in [0, 0.05) is 49.5 Å². The van der Waals surface area contributed by atoms with Crippen LogP contribution in [0.3, 0.4) is 0 Å². The topological polar surface area (TPSA) is 48.5 Å². The zero-order valence-electron chi connectivity index (χ0n) is 40.2. The van der Waals surface area contributed by atoms with Gasteiger partial charge in [-0.25, -0.2) is 4.98 Å². The summed E-state index contributed by atoms with van der Waals surface area (Å²) in [5, 5.41) is 4.49. The normalized spacial score (nSPS) is 11.5. The van der Waals surface area contributed by atoms with E-state index in [9.17, 15) is 0 Å². The lowest BCUT2D eigenvalue weighted by Crippen LogP contribution is -2.07. The molecule has 3 heterocycles. The second-order valence-corrected chi connectivity index (χ2v) is 18.7. The molecule has 0 radical (unpaired) electrons. The third-order valence-electron chi connectivity index (χ3n) is 14.4. The molecule has 5 nitrogen and oxygen atoms in total. The van der Waals surface area contributed by atoms with Gasteiger partial charge < -0.3 is 4.57 Å². The maximum absolute atomic E-state index is 5.55. The van der Waals surface area contributed by atoms with E-state index < -0.39 is 0 Å². The molecule has 0 aliphatic rings. The summed E-state index contributed by atoms with van der Waals surface area (Å²) in [5.74, 6) is 1.71. The Morgan fingerprint density at radius 1 is 0.243 bits per heavy atom. The molecule has 11 aromatic carbocycles. The lowest BCUT2D eigenvalue weighted by Gasteiger charge is -2.19. The largest absolute Gasteiger partial charge is 0.307 e. The standard InChI is InChI=1S/C69H45N5/c1-6-21-46(22-7-1)49-37-39-53(40-38-49)68-70-67(52-29-14-5-15-30-52)71-69(72-68)74-60-36-19-17-34-58(60)64-62(55-32-20-31-54(45-55)48-25-10-3-11-26-48)61(51-27-12-4-13-28-51)63-57-33-16-18-35-59(57)73(65(63)66(64)74)56-43-41-50(42-44-56)47-23-8-2-9-24-47/h1-45H. The van der Waals surface area contributed by atoms with E-state index in [1.54, 1.807) is 0 Å². The quantitative estimate of drug-likeness (QED) is 0.145. The first-order valence-electron chi connectivity index (χ1n) is 25.1. The van der Waals surface area contributed by atoms with Crippen LogP contribution < -0.4 is 0 Å². The highest BCUT2D eigenvalue weighted by Crippen LogP contribution is 2.52. The Morgan fingerprint density at radius 2 is 0.595 bits per heavy atom. The average molecular weight is 944 g/mol. The van der Waals surface area contributed by atoms with Gasteiger partial charge in [0.1, 0.15) is 0 Å². The van der Waals surface area contributed by atoms with Crippen molar-refractivity contribution in [2.24, 2.45) is 0 Å². The number of rotatable bonds is 9. The van der Waals surface area contributed by atoms with Gasteiger partial charge in [-0.2, -0.15) is 9.97 Å². The maximum atomic E-state index is 5.55. The van der Waals surface area contributed by atoms with Crippen molar-refractivity contribution in [3.05, 3.63) is 273 Å². The van der Waals surface area contributed by atoms with Crippen molar-refractivity contribution in [3.8, 4) is 90.0 Å². The van der Waals surface area contributed by atoms with Gasteiger partial charge in [-0.1, -0.05) is 243 Å². The Kier molecular flexibility index (Phi) is 10.4. The Bertz CT molecular complexity index is 4360. The zero-order chi connectivity index (χ0) is 49.0. The summed E-state index contributed by atoms with van der Waals surface area (Å²) in [6, 6.07) is 97.2. The molecule has 74 heavy (non-hydrogen) atoms. The maximum Gasteiger partial charge on any atom is 0.238 e. The van der Waals surface area contributed by atoms with Crippen molar-refractivity contribution in [2.75, 3.05) is 0 Å². The molecule has 14 aromatic rings. The molecule has 0 saturated carbocycles. The molecule has 0 aliphatic heterocycles. The highest BCUT2D eigenvalue weighted by Gasteiger charge is 2.30. The molecule has 0 aliphatic carbocycles. The van der Waals surface area contributed by atoms with Gasteiger partial charge in [-0.3, -0.25) is 4.57 Å². The van der Waals surface area contributed by atoms with Crippen LogP contribution in [0.15, 0.2) is 273 Å². The molecule has 5 heteroatoms. The Balaban J connectivity index is 1.16. The van der Waals surface area contributed by atoms with Crippen LogP contribution in [0.4, 0.5) is 0 Å². The molecule has 0 bridgehead atoms. The summed E-state index contributed by atoms with van der Waals surface area (Å²) in [6.07, 6.45) is 0. The van der Waals surface area contributed by atoms with Crippen LogP contribution in [0.1, 0.15) is 0 Å². The van der Waals surface area contributed by atoms with E-state index in [4.69, 9.17) is 15.0 Å². The molecule has 3 aromatic heterocycles. The minimum absolute atomic E-state index is 0.529. The van der Waals surface area contributed by atoms with Gasteiger partial charge in [0.2, 0.25) is 5.95 Å². The van der Waals surface area contributed by atoms with Crippen LogP contribution in [0.2, 0.25) is 0 Å². The summed E-state index contributed by atoms with van der Waals surface area (Å²) >= 11 is 0. The van der Waals surface area contributed by atoms with E-state index in [0.29, 0.717) is 17.6 Å². The fourth-order valence-corrected chi connectivity index (χ4v) is 11.0. The third kappa shape index (κ3) is 7.29. The van der Waals surface area contributed by atoms with Gasteiger partial charge in [-0.05, 0) is 74.8 Å². The van der Waals surface area contributed by atoms with Crippen LogP contribution in [-0.4, -0.2) is 24.1 Å². The molecular weight excluding hydrogens is 899 g/mol. The zero-order valence-corrected chi connectivity index (χ0v) is 40.2. The summed E-state index contributed by atoms with van der Waals surface area (Å²) in [4.78, 5) is 16.3. The first-order chi connectivity index (χ1) is 36.7. The molecule has 0 fully saturated rings. The van der Waals surface area contributed by atoms with E-state index in [2.05, 4.69) is 258 Å². The predicted molar refractivity (Wildman–Crippen MR) is 307 cm³/mol.